The Morgan fingerprint density at radius 3 is 2.63 bits per heavy atom. The van der Waals surface area contributed by atoms with Crippen molar-refractivity contribution in [3.63, 3.8) is 0 Å². The van der Waals surface area contributed by atoms with Crippen LogP contribution in [0.1, 0.15) is 24.0 Å². The van der Waals surface area contributed by atoms with Crippen molar-refractivity contribution in [2.45, 2.75) is 19.8 Å². The largest absolute Gasteiger partial charge is 0.370 e. The van der Waals surface area contributed by atoms with Crippen molar-refractivity contribution < 1.29 is 13.6 Å². The molecule has 7 heteroatoms. The second kappa shape index (κ2) is 8.07. The van der Waals surface area contributed by atoms with Gasteiger partial charge in [0.25, 0.3) is 0 Å². The maximum Gasteiger partial charge on any atom is 0.227 e. The molecular weight excluding hydrogens is 386 g/mol. The number of fused-ring (bicyclic) bond motifs is 1. The van der Waals surface area contributed by atoms with Crippen LogP contribution in [-0.2, 0) is 4.79 Å². The molecule has 152 valence electrons. The number of anilines is 2. The van der Waals surface area contributed by atoms with Gasteiger partial charge in [0, 0.05) is 42.3 Å². The van der Waals surface area contributed by atoms with E-state index in [9.17, 15) is 18.8 Å². The lowest BCUT2D eigenvalue weighted by Crippen LogP contribution is -2.38. The van der Waals surface area contributed by atoms with Crippen LogP contribution < -0.4 is 10.2 Å². The number of carbonyl (C=O) groups excluding carboxylic acids is 1. The Balaban J connectivity index is 1.51. The molecule has 0 saturated carbocycles. The number of piperidine rings is 1. The monoisotopic (exact) mass is 406 g/mol. The van der Waals surface area contributed by atoms with Crippen LogP contribution in [0.25, 0.3) is 10.9 Å². The summed E-state index contributed by atoms with van der Waals surface area (Å²) in [5.41, 5.74) is 3.52. The van der Waals surface area contributed by atoms with Gasteiger partial charge in [-0.3, -0.25) is 9.78 Å². The first kappa shape index (κ1) is 19.8. The van der Waals surface area contributed by atoms with Crippen molar-refractivity contribution in [3.05, 3.63) is 65.4 Å². The van der Waals surface area contributed by atoms with E-state index >= 15 is 0 Å². The van der Waals surface area contributed by atoms with Gasteiger partial charge >= 0.3 is 0 Å². The molecule has 0 aliphatic carbocycles. The third-order valence-corrected chi connectivity index (χ3v) is 5.48. The van der Waals surface area contributed by atoms with Crippen molar-refractivity contribution in [1.29, 1.82) is 5.26 Å². The lowest BCUT2D eigenvalue weighted by Gasteiger charge is -2.34. The molecule has 1 aliphatic rings. The molecule has 1 N–H and O–H groups in total. The van der Waals surface area contributed by atoms with E-state index in [-0.39, 0.29) is 17.5 Å². The molecule has 4 rings (SSSR count). The number of nitriles is 1. The number of hydrogen-bond donors (Lipinski definition) is 1. The second-order valence-corrected chi connectivity index (χ2v) is 7.53. The SMILES string of the molecule is Cc1ccc2ncc(C#N)c(N3CCC(C(=O)Nc4ccc(F)c(F)c4)CC3)c2c1. The van der Waals surface area contributed by atoms with Gasteiger partial charge in [0.1, 0.15) is 6.07 Å². The van der Waals surface area contributed by atoms with Crippen molar-refractivity contribution in [1.82, 2.24) is 4.98 Å². The minimum absolute atomic E-state index is 0.211. The summed E-state index contributed by atoms with van der Waals surface area (Å²) in [5, 5.41) is 13.2. The van der Waals surface area contributed by atoms with Crippen molar-refractivity contribution in [2.75, 3.05) is 23.3 Å². The molecule has 0 bridgehead atoms. The smallest absolute Gasteiger partial charge is 0.227 e. The van der Waals surface area contributed by atoms with Gasteiger partial charge in [-0.2, -0.15) is 5.26 Å². The molecule has 3 aromatic rings. The summed E-state index contributed by atoms with van der Waals surface area (Å²) in [4.78, 5) is 19.1. The maximum absolute atomic E-state index is 13.4. The molecule has 0 radical (unpaired) electrons. The normalized spacial score (nSPS) is 14.5. The number of hydrogen-bond acceptors (Lipinski definition) is 4. The molecule has 0 spiro atoms. The minimum atomic E-state index is -0.994. The zero-order chi connectivity index (χ0) is 21.3. The Kier molecular flexibility index (Phi) is 5.32. The van der Waals surface area contributed by atoms with Crippen LogP contribution >= 0.6 is 0 Å². The zero-order valence-corrected chi connectivity index (χ0v) is 16.5. The number of amides is 1. The quantitative estimate of drug-likeness (QED) is 0.693. The first-order chi connectivity index (χ1) is 14.5. The highest BCUT2D eigenvalue weighted by atomic mass is 19.2. The molecule has 0 unspecified atom stereocenters. The predicted octanol–water partition coefficient (Wildman–Crippen LogP) is 4.55. The summed E-state index contributed by atoms with van der Waals surface area (Å²) in [6.07, 6.45) is 2.78. The molecular formula is C23H20F2N4O. The third-order valence-electron chi connectivity index (χ3n) is 5.48. The van der Waals surface area contributed by atoms with Crippen molar-refractivity contribution in [2.24, 2.45) is 5.92 Å². The molecule has 1 aliphatic heterocycles. The van der Waals surface area contributed by atoms with Crippen LogP contribution in [0.5, 0.6) is 0 Å². The zero-order valence-electron chi connectivity index (χ0n) is 16.5. The van der Waals surface area contributed by atoms with Crippen molar-refractivity contribution in [3.8, 4) is 6.07 Å². The van der Waals surface area contributed by atoms with Gasteiger partial charge in [0.15, 0.2) is 11.6 Å². The predicted molar refractivity (Wildman–Crippen MR) is 111 cm³/mol. The highest BCUT2D eigenvalue weighted by Gasteiger charge is 2.27. The van der Waals surface area contributed by atoms with E-state index in [0.717, 1.165) is 34.3 Å². The van der Waals surface area contributed by atoms with E-state index in [4.69, 9.17) is 0 Å². The van der Waals surface area contributed by atoms with Gasteiger partial charge in [-0.05, 0) is 44.0 Å². The molecule has 2 heterocycles. The van der Waals surface area contributed by atoms with E-state index in [1.165, 1.54) is 6.07 Å². The highest BCUT2D eigenvalue weighted by Crippen LogP contribution is 2.33. The van der Waals surface area contributed by atoms with Crippen LogP contribution in [-0.4, -0.2) is 24.0 Å². The van der Waals surface area contributed by atoms with E-state index in [2.05, 4.69) is 21.3 Å². The molecule has 1 aromatic heterocycles. The average molecular weight is 406 g/mol. The molecule has 2 aromatic carbocycles. The average Bonchev–Trinajstić information content (AvgIpc) is 2.75. The minimum Gasteiger partial charge on any atom is -0.370 e. The van der Waals surface area contributed by atoms with Crippen LogP contribution in [0.3, 0.4) is 0 Å². The molecule has 30 heavy (non-hydrogen) atoms. The fraction of sp³-hybridized carbons (Fsp3) is 0.261. The summed E-state index contributed by atoms with van der Waals surface area (Å²) < 4.78 is 26.4. The fourth-order valence-corrected chi connectivity index (χ4v) is 3.90. The first-order valence-corrected chi connectivity index (χ1v) is 9.76. The topological polar surface area (TPSA) is 69.0 Å². The van der Waals surface area contributed by atoms with Gasteiger partial charge < -0.3 is 10.2 Å². The third kappa shape index (κ3) is 3.81. The fourth-order valence-electron chi connectivity index (χ4n) is 3.90. The number of benzene rings is 2. The summed E-state index contributed by atoms with van der Waals surface area (Å²) in [7, 11) is 0. The van der Waals surface area contributed by atoms with E-state index < -0.39 is 11.6 Å². The first-order valence-electron chi connectivity index (χ1n) is 9.76. The number of aromatic nitrogens is 1. The number of nitrogens with one attached hydrogen (secondary N) is 1. The number of carbonyl (C=O) groups is 1. The van der Waals surface area contributed by atoms with Crippen LogP contribution in [0.15, 0.2) is 42.6 Å². The number of aryl methyl sites for hydroxylation is 1. The lowest BCUT2D eigenvalue weighted by atomic mass is 9.94. The number of rotatable bonds is 3. The van der Waals surface area contributed by atoms with Crippen LogP contribution in [0.4, 0.5) is 20.2 Å². The lowest BCUT2D eigenvalue weighted by molar-refractivity contribution is -0.120. The molecule has 1 fully saturated rings. The number of pyridine rings is 1. The summed E-state index contributed by atoms with van der Waals surface area (Å²) in [6, 6.07) is 11.5. The van der Waals surface area contributed by atoms with Gasteiger partial charge in [-0.25, -0.2) is 8.78 Å². The van der Waals surface area contributed by atoms with Gasteiger partial charge in [0.2, 0.25) is 5.91 Å². The number of halogens is 2. The maximum atomic E-state index is 13.4. The van der Waals surface area contributed by atoms with Gasteiger partial charge in [0.05, 0.1) is 16.8 Å². The molecule has 1 saturated heterocycles. The Morgan fingerprint density at radius 2 is 1.93 bits per heavy atom. The van der Waals surface area contributed by atoms with E-state index in [0.29, 0.717) is 31.5 Å². The summed E-state index contributed by atoms with van der Waals surface area (Å²) >= 11 is 0. The van der Waals surface area contributed by atoms with Crippen molar-refractivity contribution >= 4 is 28.2 Å². The van der Waals surface area contributed by atoms with Gasteiger partial charge in [-0.15, -0.1) is 0 Å². The highest BCUT2D eigenvalue weighted by molar-refractivity contribution is 5.95. The van der Waals surface area contributed by atoms with Crippen LogP contribution in [0, 0.1) is 35.8 Å². The molecule has 1 amide bonds. The summed E-state index contributed by atoms with van der Waals surface area (Å²) in [6.45, 7) is 3.21. The Hall–Kier alpha value is -3.53. The van der Waals surface area contributed by atoms with Crippen LogP contribution in [0.2, 0.25) is 0 Å². The van der Waals surface area contributed by atoms with E-state index in [1.54, 1.807) is 6.20 Å². The molecule has 5 nitrogen and oxygen atoms in total. The molecule has 0 atom stereocenters. The number of nitrogens with zero attached hydrogens (tertiary/aromatic N) is 3. The Morgan fingerprint density at radius 1 is 1.17 bits per heavy atom. The summed E-state index contributed by atoms with van der Waals surface area (Å²) in [5.74, 6) is -2.40. The van der Waals surface area contributed by atoms with E-state index in [1.807, 2.05) is 25.1 Å². The second-order valence-electron chi connectivity index (χ2n) is 7.53. The Bertz CT molecular complexity index is 1160. The van der Waals surface area contributed by atoms with Gasteiger partial charge in [-0.1, -0.05) is 11.6 Å². The standard InChI is InChI=1S/C23H20F2N4O/c1-14-2-5-21-18(10-14)22(16(12-26)13-27-21)29-8-6-15(7-9-29)23(30)28-17-3-4-19(24)20(25)11-17/h2-5,10-11,13,15H,6-9H2,1H3,(H,28,30). The Labute approximate surface area is 172 Å².